The molecule has 2 saturated heterocycles. The highest BCUT2D eigenvalue weighted by Gasteiger charge is 2.34. The van der Waals surface area contributed by atoms with Crippen molar-refractivity contribution in [3.05, 3.63) is 30.1 Å². The summed E-state index contributed by atoms with van der Waals surface area (Å²) in [7, 11) is 0. The number of nitrogens with zero attached hydrogens (tertiary/aromatic N) is 2. The number of hydrogen-bond acceptors (Lipinski definition) is 5. The minimum atomic E-state index is -0.354. The quantitative estimate of drug-likeness (QED) is 0.653. The number of halogens is 1. The number of rotatable bonds is 6. The van der Waals surface area contributed by atoms with Gasteiger partial charge in [-0.1, -0.05) is 0 Å². The van der Waals surface area contributed by atoms with Crippen molar-refractivity contribution in [3.63, 3.8) is 0 Å². The summed E-state index contributed by atoms with van der Waals surface area (Å²) in [5, 5.41) is 5.65. The molecule has 0 radical (unpaired) electrons. The van der Waals surface area contributed by atoms with E-state index in [1.165, 1.54) is 24.3 Å². The number of amides is 3. The highest BCUT2D eigenvalue weighted by molar-refractivity contribution is 5.89. The van der Waals surface area contributed by atoms with E-state index in [1.807, 2.05) is 6.92 Å². The number of ether oxygens (including phenoxy) is 1. The lowest BCUT2D eigenvalue weighted by Crippen LogP contribution is -2.54. The number of esters is 1. The van der Waals surface area contributed by atoms with Gasteiger partial charge in [0.2, 0.25) is 5.91 Å². The van der Waals surface area contributed by atoms with Crippen molar-refractivity contribution in [1.82, 2.24) is 15.1 Å². The molecule has 0 bridgehead atoms. The van der Waals surface area contributed by atoms with Gasteiger partial charge in [0.25, 0.3) is 0 Å². The van der Waals surface area contributed by atoms with Crippen molar-refractivity contribution in [2.75, 3.05) is 38.1 Å². The summed E-state index contributed by atoms with van der Waals surface area (Å²) < 4.78 is 18.1. The summed E-state index contributed by atoms with van der Waals surface area (Å²) in [4.78, 5) is 41.2. The van der Waals surface area contributed by atoms with Crippen LogP contribution in [0.3, 0.4) is 0 Å². The summed E-state index contributed by atoms with van der Waals surface area (Å²) in [5.41, 5.74) is 0.531. The van der Waals surface area contributed by atoms with E-state index >= 15 is 0 Å². The lowest BCUT2D eigenvalue weighted by molar-refractivity contribution is -0.152. The molecule has 176 valence electrons. The average molecular weight is 449 g/mol. The molecule has 2 aliphatic heterocycles. The van der Waals surface area contributed by atoms with Gasteiger partial charge < -0.3 is 20.3 Å². The summed E-state index contributed by atoms with van der Waals surface area (Å²) >= 11 is 0. The first-order valence-electron chi connectivity index (χ1n) is 11.4. The summed E-state index contributed by atoms with van der Waals surface area (Å²) in [6, 6.07) is 5.03. The maximum Gasteiger partial charge on any atom is 0.319 e. The van der Waals surface area contributed by atoms with Gasteiger partial charge in [0.1, 0.15) is 5.82 Å². The Morgan fingerprint density at radius 1 is 1.12 bits per heavy atom. The Labute approximate surface area is 188 Å². The maximum absolute atomic E-state index is 13.0. The van der Waals surface area contributed by atoms with Crippen LogP contribution in [0.1, 0.15) is 39.5 Å². The third-order valence-electron chi connectivity index (χ3n) is 6.22. The number of carbonyl (C=O) groups excluding carboxylic acids is 3. The van der Waals surface area contributed by atoms with E-state index in [-0.39, 0.29) is 41.7 Å². The summed E-state index contributed by atoms with van der Waals surface area (Å²) in [6.07, 6.45) is 3.03. The molecular formula is C23H33FN4O4. The largest absolute Gasteiger partial charge is 0.466 e. The number of urea groups is 1. The fourth-order valence-electron chi connectivity index (χ4n) is 4.37. The fraction of sp³-hybridized carbons (Fsp3) is 0.609. The van der Waals surface area contributed by atoms with Crippen LogP contribution < -0.4 is 10.6 Å². The molecule has 0 saturated carbocycles. The van der Waals surface area contributed by atoms with Gasteiger partial charge in [-0.15, -0.1) is 0 Å². The van der Waals surface area contributed by atoms with E-state index in [1.54, 1.807) is 11.8 Å². The number of benzene rings is 1. The molecule has 2 atom stereocenters. The van der Waals surface area contributed by atoms with Crippen LogP contribution in [0.15, 0.2) is 24.3 Å². The smallest absolute Gasteiger partial charge is 0.319 e. The highest BCUT2D eigenvalue weighted by Crippen LogP contribution is 2.21. The van der Waals surface area contributed by atoms with E-state index < -0.39 is 0 Å². The molecule has 32 heavy (non-hydrogen) atoms. The lowest BCUT2D eigenvalue weighted by atomic mass is 9.97. The van der Waals surface area contributed by atoms with Crippen molar-refractivity contribution >= 4 is 23.6 Å². The average Bonchev–Trinajstić information content (AvgIpc) is 2.80. The Hall–Kier alpha value is -2.68. The second-order valence-corrected chi connectivity index (χ2v) is 8.47. The van der Waals surface area contributed by atoms with Crippen LogP contribution in [0.2, 0.25) is 0 Å². The predicted molar refractivity (Wildman–Crippen MR) is 119 cm³/mol. The number of nitrogens with one attached hydrogen (secondary N) is 2. The maximum atomic E-state index is 13.0. The molecule has 0 unspecified atom stereocenters. The van der Waals surface area contributed by atoms with Crippen molar-refractivity contribution < 1.29 is 23.5 Å². The minimum absolute atomic E-state index is 0.0113. The molecule has 2 aliphatic rings. The standard InChI is InChI=1S/C23H33FN4O4/c1-3-32-22(30)17-5-4-12-28(15-17)21(29)16(2)27-13-10-20(11-14-27)26-23(31)25-19-8-6-18(24)7-9-19/h6-9,16-17,20H,3-5,10-15H2,1-2H3,(H2,25,26,31)/t16-,17-/m0/s1. The molecule has 3 rings (SSSR count). The van der Waals surface area contributed by atoms with E-state index in [9.17, 15) is 18.8 Å². The summed E-state index contributed by atoms with van der Waals surface area (Å²) in [5.74, 6) is -0.773. The molecule has 0 spiro atoms. The Bertz CT molecular complexity index is 796. The van der Waals surface area contributed by atoms with Crippen LogP contribution in [0.4, 0.5) is 14.9 Å². The zero-order chi connectivity index (χ0) is 23.1. The number of piperidine rings is 2. The van der Waals surface area contributed by atoms with Crippen LogP contribution in [-0.2, 0) is 14.3 Å². The first-order chi connectivity index (χ1) is 15.4. The monoisotopic (exact) mass is 448 g/mol. The zero-order valence-corrected chi connectivity index (χ0v) is 18.8. The number of carbonyl (C=O) groups is 3. The van der Waals surface area contributed by atoms with Crippen molar-refractivity contribution in [2.45, 2.75) is 51.6 Å². The van der Waals surface area contributed by atoms with E-state index in [2.05, 4.69) is 15.5 Å². The molecule has 2 fully saturated rings. The highest BCUT2D eigenvalue weighted by atomic mass is 19.1. The lowest BCUT2D eigenvalue weighted by Gasteiger charge is -2.39. The molecule has 1 aromatic rings. The van der Waals surface area contributed by atoms with E-state index in [4.69, 9.17) is 4.74 Å². The van der Waals surface area contributed by atoms with Gasteiger partial charge in [0.15, 0.2) is 0 Å². The number of anilines is 1. The molecule has 1 aromatic carbocycles. The van der Waals surface area contributed by atoms with Gasteiger partial charge >= 0.3 is 12.0 Å². The second-order valence-electron chi connectivity index (χ2n) is 8.47. The third-order valence-corrected chi connectivity index (χ3v) is 6.22. The Morgan fingerprint density at radius 2 is 1.81 bits per heavy atom. The molecule has 8 nitrogen and oxygen atoms in total. The molecule has 2 heterocycles. The second kappa shape index (κ2) is 11.3. The number of likely N-dealkylation sites (tertiary alicyclic amines) is 2. The van der Waals surface area contributed by atoms with Crippen LogP contribution >= 0.6 is 0 Å². The minimum Gasteiger partial charge on any atom is -0.466 e. The van der Waals surface area contributed by atoms with Crippen LogP contribution in [-0.4, -0.2) is 72.6 Å². The Balaban J connectivity index is 1.43. The van der Waals surface area contributed by atoms with Gasteiger partial charge in [-0.2, -0.15) is 0 Å². The molecule has 9 heteroatoms. The normalized spacial score (nSPS) is 21.0. The first kappa shape index (κ1) is 24.0. The van der Waals surface area contributed by atoms with E-state index in [0.29, 0.717) is 38.5 Å². The molecule has 0 aromatic heterocycles. The van der Waals surface area contributed by atoms with Crippen LogP contribution in [0, 0.1) is 11.7 Å². The molecule has 0 aliphatic carbocycles. The molecule has 3 amide bonds. The SMILES string of the molecule is CCOC(=O)[C@H]1CCCN(C(=O)[C@H](C)N2CCC(NC(=O)Nc3ccc(F)cc3)CC2)C1. The Morgan fingerprint density at radius 3 is 2.47 bits per heavy atom. The topological polar surface area (TPSA) is 91.0 Å². The van der Waals surface area contributed by atoms with Crippen LogP contribution in [0.25, 0.3) is 0 Å². The third kappa shape index (κ3) is 6.41. The zero-order valence-electron chi connectivity index (χ0n) is 18.8. The number of hydrogen-bond donors (Lipinski definition) is 2. The summed E-state index contributed by atoms with van der Waals surface area (Å²) in [6.45, 7) is 6.53. The fourth-order valence-corrected chi connectivity index (χ4v) is 4.37. The van der Waals surface area contributed by atoms with Gasteiger partial charge in [-0.25, -0.2) is 9.18 Å². The van der Waals surface area contributed by atoms with Crippen molar-refractivity contribution in [2.24, 2.45) is 5.92 Å². The van der Waals surface area contributed by atoms with Gasteiger partial charge in [-0.05, 0) is 63.8 Å². The first-order valence-corrected chi connectivity index (χ1v) is 11.4. The van der Waals surface area contributed by atoms with Crippen molar-refractivity contribution in [3.8, 4) is 0 Å². The predicted octanol–water partition coefficient (Wildman–Crippen LogP) is 2.60. The van der Waals surface area contributed by atoms with Gasteiger partial charge in [-0.3, -0.25) is 14.5 Å². The van der Waals surface area contributed by atoms with Crippen molar-refractivity contribution in [1.29, 1.82) is 0 Å². The van der Waals surface area contributed by atoms with Crippen LogP contribution in [0.5, 0.6) is 0 Å². The van der Waals surface area contributed by atoms with E-state index in [0.717, 1.165) is 25.7 Å². The Kier molecular flexibility index (Phi) is 8.44. The van der Waals surface area contributed by atoms with Gasteiger partial charge in [0.05, 0.1) is 18.6 Å². The molecule has 2 N–H and O–H groups in total. The van der Waals surface area contributed by atoms with Gasteiger partial charge in [0, 0.05) is 37.9 Å². The molecular weight excluding hydrogens is 415 g/mol.